The summed E-state index contributed by atoms with van der Waals surface area (Å²) in [5.74, 6) is -0.952. The van der Waals surface area contributed by atoms with Crippen LogP contribution in [0.2, 0.25) is 0 Å². The molecule has 3 nitrogen and oxygen atoms in total. The van der Waals surface area contributed by atoms with Gasteiger partial charge in [0.2, 0.25) is 0 Å². The van der Waals surface area contributed by atoms with Crippen LogP contribution in [-0.4, -0.2) is 22.8 Å². The van der Waals surface area contributed by atoms with Crippen LogP contribution in [0.5, 0.6) is 0 Å². The van der Waals surface area contributed by atoms with E-state index in [0.29, 0.717) is 6.42 Å². The minimum Gasteiger partial charge on any atom is -0.478 e. The third-order valence-electron chi connectivity index (χ3n) is 2.06. The lowest BCUT2D eigenvalue weighted by Gasteiger charge is -2.03. The Balaban J connectivity index is 2.81. The fraction of sp³-hybridized carbons (Fsp3) is 0.250. The van der Waals surface area contributed by atoms with E-state index in [1.807, 2.05) is 24.3 Å². The number of benzene rings is 1. The van der Waals surface area contributed by atoms with E-state index in [-0.39, 0.29) is 6.61 Å². The van der Waals surface area contributed by atoms with Crippen molar-refractivity contribution in [3.63, 3.8) is 0 Å². The molecule has 0 aliphatic heterocycles. The van der Waals surface area contributed by atoms with Gasteiger partial charge in [-0.05, 0) is 30.0 Å². The normalized spacial score (nSPS) is 10.7. The second-order valence-corrected chi connectivity index (χ2v) is 3.20. The Morgan fingerprint density at radius 1 is 1.33 bits per heavy atom. The molecule has 1 rings (SSSR count). The van der Waals surface area contributed by atoms with Crippen LogP contribution in [0, 0.1) is 0 Å². The van der Waals surface area contributed by atoms with E-state index >= 15 is 0 Å². The topological polar surface area (TPSA) is 57.5 Å². The number of carbonyl (C=O) groups is 1. The molecule has 15 heavy (non-hydrogen) atoms. The number of hydrogen-bond acceptors (Lipinski definition) is 2. The first kappa shape index (κ1) is 11.5. The molecule has 0 spiro atoms. The monoisotopic (exact) mass is 206 g/mol. The third kappa shape index (κ3) is 3.95. The molecule has 0 saturated heterocycles. The molecule has 0 fully saturated rings. The zero-order valence-corrected chi connectivity index (χ0v) is 8.39. The van der Waals surface area contributed by atoms with Crippen LogP contribution >= 0.6 is 0 Å². The Kier molecular flexibility index (Phi) is 4.57. The first-order valence-corrected chi connectivity index (χ1v) is 4.84. The highest BCUT2D eigenvalue weighted by Crippen LogP contribution is 2.12. The van der Waals surface area contributed by atoms with Gasteiger partial charge in [-0.2, -0.15) is 0 Å². The first-order valence-electron chi connectivity index (χ1n) is 4.84. The molecule has 0 unspecified atom stereocenters. The highest BCUT2D eigenvalue weighted by Gasteiger charge is 1.98. The zero-order valence-electron chi connectivity index (χ0n) is 8.39. The fourth-order valence-electron chi connectivity index (χ4n) is 1.36. The Morgan fingerprint density at radius 3 is 2.73 bits per heavy atom. The summed E-state index contributed by atoms with van der Waals surface area (Å²) in [6.45, 7) is 0.150. The van der Waals surface area contributed by atoms with Crippen molar-refractivity contribution in [2.24, 2.45) is 0 Å². The Bertz CT molecular complexity index is 356. The molecular weight excluding hydrogens is 192 g/mol. The quantitative estimate of drug-likeness (QED) is 0.721. The maximum Gasteiger partial charge on any atom is 0.328 e. The number of carboxylic acid groups (broad SMARTS) is 1. The second-order valence-electron chi connectivity index (χ2n) is 3.20. The Labute approximate surface area is 88.7 Å². The smallest absolute Gasteiger partial charge is 0.328 e. The summed E-state index contributed by atoms with van der Waals surface area (Å²) in [5, 5.41) is 17.2. The minimum absolute atomic E-state index is 0.150. The van der Waals surface area contributed by atoms with Crippen molar-refractivity contribution < 1.29 is 15.0 Å². The number of aliphatic carboxylic acids is 1. The molecule has 1 aromatic carbocycles. The number of rotatable bonds is 5. The van der Waals surface area contributed by atoms with Crippen molar-refractivity contribution in [2.45, 2.75) is 12.8 Å². The van der Waals surface area contributed by atoms with Gasteiger partial charge in [0, 0.05) is 12.7 Å². The summed E-state index contributed by atoms with van der Waals surface area (Å²) in [7, 11) is 0. The molecule has 80 valence electrons. The lowest BCUT2D eigenvalue weighted by molar-refractivity contribution is -0.131. The van der Waals surface area contributed by atoms with Gasteiger partial charge in [-0.15, -0.1) is 0 Å². The highest BCUT2D eigenvalue weighted by molar-refractivity contribution is 5.85. The Hall–Kier alpha value is -1.61. The maximum atomic E-state index is 10.4. The van der Waals surface area contributed by atoms with E-state index in [9.17, 15) is 4.79 Å². The van der Waals surface area contributed by atoms with Crippen LogP contribution in [0.4, 0.5) is 0 Å². The summed E-state index contributed by atoms with van der Waals surface area (Å²) in [6, 6.07) is 7.58. The largest absolute Gasteiger partial charge is 0.478 e. The van der Waals surface area contributed by atoms with Crippen molar-refractivity contribution in [3.05, 3.63) is 41.5 Å². The lowest BCUT2D eigenvalue weighted by Crippen LogP contribution is -1.93. The Morgan fingerprint density at radius 2 is 2.07 bits per heavy atom. The average molecular weight is 206 g/mol. The molecule has 1 aromatic rings. The summed E-state index contributed by atoms with van der Waals surface area (Å²) >= 11 is 0. The van der Waals surface area contributed by atoms with Crippen molar-refractivity contribution in [1.82, 2.24) is 0 Å². The summed E-state index contributed by atoms with van der Waals surface area (Å²) in [5.41, 5.74) is 1.96. The molecule has 0 aliphatic carbocycles. The van der Waals surface area contributed by atoms with Gasteiger partial charge in [0.05, 0.1) is 0 Å². The molecule has 0 aliphatic rings. The summed E-state index contributed by atoms with van der Waals surface area (Å²) in [6.07, 6.45) is 4.15. The zero-order chi connectivity index (χ0) is 11.1. The van der Waals surface area contributed by atoms with Crippen molar-refractivity contribution in [3.8, 4) is 0 Å². The van der Waals surface area contributed by atoms with E-state index < -0.39 is 5.97 Å². The summed E-state index contributed by atoms with van der Waals surface area (Å²) < 4.78 is 0. The number of aliphatic hydroxyl groups is 1. The minimum atomic E-state index is -0.952. The van der Waals surface area contributed by atoms with E-state index in [4.69, 9.17) is 10.2 Å². The molecule has 0 bridgehead atoms. The number of aliphatic hydroxyl groups excluding tert-OH is 1. The maximum absolute atomic E-state index is 10.4. The van der Waals surface area contributed by atoms with Gasteiger partial charge >= 0.3 is 5.97 Å². The molecule has 2 N–H and O–H groups in total. The molecule has 3 heteroatoms. The van der Waals surface area contributed by atoms with Gasteiger partial charge in [-0.3, -0.25) is 0 Å². The number of aryl methyl sites for hydroxylation is 1. The third-order valence-corrected chi connectivity index (χ3v) is 2.06. The van der Waals surface area contributed by atoms with Crippen LogP contribution in [0.3, 0.4) is 0 Å². The number of hydrogen-bond donors (Lipinski definition) is 2. The van der Waals surface area contributed by atoms with Crippen molar-refractivity contribution >= 4 is 12.0 Å². The molecule has 0 radical (unpaired) electrons. The van der Waals surface area contributed by atoms with Crippen LogP contribution in [-0.2, 0) is 11.2 Å². The van der Waals surface area contributed by atoms with Crippen molar-refractivity contribution in [2.75, 3.05) is 6.61 Å². The molecule has 0 heterocycles. The van der Waals surface area contributed by atoms with Gasteiger partial charge in [-0.1, -0.05) is 24.3 Å². The SMILES string of the molecule is O=C(O)C=Cc1ccccc1CCCO. The van der Waals surface area contributed by atoms with Crippen molar-refractivity contribution in [1.29, 1.82) is 0 Å². The predicted octanol–water partition coefficient (Wildman–Crippen LogP) is 1.71. The van der Waals surface area contributed by atoms with Gasteiger partial charge in [0.25, 0.3) is 0 Å². The van der Waals surface area contributed by atoms with Gasteiger partial charge < -0.3 is 10.2 Å². The summed E-state index contributed by atoms with van der Waals surface area (Å²) in [4.78, 5) is 10.4. The molecule has 0 amide bonds. The van der Waals surface area contributed by atoms with E-state index in [2.05, 4.69) is 0 Å². The first-order chi connectivity index (χ1) is 7.24. The molecule has 0 aromatic heterocycles. The standard InChI is InChI=1S/C12H14O3/c13-9-3-6-10-4-1-2-5-11(10)7-8-12(14)15/h1-2,4-5,7-8,13H,3,6,9H2,(H,14,15). The van der Waals surface area contributed by atoms with E-state index in [1.54, 1.807) is 6.08 Å². The van der Waals surface area contributed by atoms with Crippen LogP contribution < -0.4 is 0 Å². The second kappa shape index (κ2) is 5.98. The molecule has 0 atom stereocenters. The molecular formula is C12H14O3. The fourth-order valence-corrected chi connectivity index (χ4v) is 1.36. The van der Waals surface area contributed by atoms with Crippen LogP contribution in [0.1, 0.15) is 17.5 Å². The highest BCUT2D eigenvalue weighted by atomic mass is 16.4. The molecule has 0 saturated carbocycles. The predicted molar refractivity (Wildman–Crippen MR) is 58.5 cm³/mol. The van der Waals surface area contributed by atoms with Crippen LogP contribution in [0.15, 0.2) is 30.3 Å². The van der Waals surface area contributed by atoms with Crippen LogP contribution in [0.25, 0.3) is 6.08 Å². The average Bonchev–Trinajstić information content (AvgIpc) is 2.24. The van der Waals surface area contributed by atoms with Gasteiger partial charge in [-0.25, -0.2) is 4.79 Å². The van der Waals surface area contributed by atoms with Gasteiger partial charge in [0.1, 0.15) is 0 Å². The van der Waals surface area contributed by atoms with E-state index in [0.717, 1.165) is 23.6 Å². The number of carboxylic acids is 1. The van der Waals surface area contributed by atoms with E-state index in [1.165, 1.54) is 0 Å². The van der Waals surface area contributed by atoms with Gasteiger partial charge in [0.15, 0.2) is 0 Å². The lowest BCUT2D eigenvalue weighted by atomic mass is 10.0.